The molecule has 1 fully saturated rings. The highest BCUT2D eigenvalue weighted by molar-refractivity contribution is 7.11. The Bertz CT molecular complexity index is 829. The van der Waals surface area contributed by atoms with Crippen molar-refractivity contribution < 1.29 is 4.39 Å². The van der Waals surface area contributed by atoms with Crippen LogP contribution in [-0.4, -0.2) is 61.7 Å². The molecule has 0 atom stereocenters. The van der Waals surface area contributed by atoms with Gasteiger partial charge in [0, 0.05) is 56.8 Å². The number of aryl methyl sites for hydroxylation is 1. The molecular weight excluding hydrogens is 399 g/mol. The van der Waals surface area contributed by atoms with Crippen molar-refractivity contribution in [1.82, 2.24) is 20.5 Å². The van der Waals surface area contributed by atoms with Crippen molar-refractivity contribution in [1.29, 1.82) is 0 Å². The number of rotatable bonds is 8. The fourth-order valence-electron chi connectivity index (χ4n) is 3.53. The minimum Gasteiger partial charge on any atom is -0.367 e. The van der Waals surface area contributed by atoms with Gasteiger partial charge in [-0.15, -0.1) is 11.3 Å². The molecular formula is C22H33FN6S. The zero-order valence-corrected chi connectivity index (χ0v) is 19.1. The van der Waals surface area contributed by atoms with E-state index in [-0.39, 0.29) is 5.82 Å². The summed E-state index contributed by atoms with van der Waals surface area (Å²) in [7, 11) is 0. The van der Waals surface area contributed by atoms with Crippen molar-refractivity contribution in [2.45, 2.75) is 33.7 Å². The Morgan fingerprint density at radius 2 is 2.00 bits per heavy atom. The maximum Gasteiger partial charge on any atom is 0.191 e. The summed E-state index contributed by atoms with van der Waals surface area (Å²) in [5.41, 5.74) is 1.57. The Morgan fingerprint density at radius 3 is 2.63 bits per heavy atom. The van der Waals surface area contributed by atoms with E-state index in [1.165, 1.54) is 4.88 Å². The SMILES string of the molecule is CCNC(=NCc1ccc(N2CCN(CC)CC2)c(F)c1)NCCc1ncc(C)s1. The number of guanidine groups is 1. The van der Waals surface area contributed by atoms with Gasteiger partial charge in [-0.2, -0.15) is 0 Å². The fraction of sp³-hybridized carbons (Fsp3) is 0.545. The first-order valence-electron chi connectivity index (χ1n) is 10.8. The Labute approximate surface area is 183 Å². The van der Waals surface area contributed by atoms with Crippen LogP contribution in [0.1, 0.15) is 29.3 Å². The molecule has 2 N–H and O–H groups in total. The van der Waals surface area contributed by atoms with Crippen LogP contribution in [0, 0.1) is 12.7 Å². The van der Waals surface area contributed by atoms with Crippen molar-refractivity contribution in [2.75, 3.05) is 50.7 Å². The molecule has 0 radical (unpaired) electrons. The molecule has 0 saturated carbocycles. The Hall–Kier alpha value is -2.19. The lowest BCUT2D eigenvalue weighted by Crippen LogP contribution is -2.46. The highest BCUT2D eigenvalue weighted by atomic mass is 32.1. The molecule has 1 aromatic carbocycles. The van der Waals surface area contributed by atoms with Gasteiger partial charge >= 0.3 is 0 Å². The minimum absolute atomic E-state index is 0.162. The number of aromatic nitrogens is 1. The van der Waals surface area contributed by atoms with Crippen LogP contribution in [0.3, 0.4) is 0 Å². The maximum atomic E-state index is 14.7. The van der Waals surface area contributed by atoms with Gasteiger partial charge in [-0.3, -0.25) is 0 Å². The van der Waals surface area contributed by atoms with Gasteiger partial charge in [-0.05, 0) is 38.1 Å². The van der Waals surface area contributed by atoms with E-state index in [1.54, 1.807) is 17.4 Å². The van der Waals surface area contributed by atoms with Crippen LogP contribution in [0.15, 0.2) is 29.4 Å². The van der Waals surface area contributed by atoms with Gasteiger partial charge in [0.1, 0.15) is 5.82 Å². The molecule has 1 aliphatic rings. The van der Waals surface area contributed by atoms with Crippen LogP contribution in [0.25, 0.3) is 0 Å². The van der Waals surface area contributed by atoms with Crippen LogP contribution < -0.4 is 15.5 Å². The summed E-state index contributed by atoms with van der Waals surface area (Å²) >= 11 is 1.72. The van der Waals surface area contributed by atoms with Crippen molar-refractivity contribution in [3.8, 4) is 0 Å². The largest absolute Gasteiger partial charge is 0.367 e. The lowest BCUT2D eigenvalue weighted by atomic mass is 10.1. The zero-order chi connectivity index (χ0) is 21.3. The second kappa shape index (κ2) is 11.3. The molecule has 1 saturated heterocycles. The Morgan fingerprint density at radius 1 is 1.20 bits per heavy atom. The summed E-state index contributed by atoms with van der Waals surface area (Å²) in [5.74, 6) is 0.579. The number of benzene rings is 1. The maximum absolute atomic E-state index is 14.7. The minimum atomic E-state index is -0.162. The predicted molar refractivity (Wildman–Crippen MR) is 124 cm³/mol. The summed E-state index contributed by atoms with van der Waals surface area (Å²) in [6.45, 7) is 13.0. The molecule has 0 spiro atoms. The standard InChI is InChI=1S/C22H33FN6S/c1-4-24-22(25-9-8-21-26-15-17(3)30-21)27-16-18-6-7-20(19(23)14-18)29-12-10-28(5-2)11-13-29/h6-7,14-15H,4-5,8-13,16H2,1-3H3,(H2,24,25,27). The molecule has 1 aliphatic heterocycles. The number of anilines is 1. The predicted octanol–water partition coefficient (Wildman–Crippen LogP) is 3.03. The second-order valence-corrected chi connectivity index (χ2v) is 8.76. The van der Waals surface area contributed by atoms with Gasteiger partial charge in [0.25, 0.3) is 0 Å². The van der Waals surface area contributed by atoms with Crippen LogP contribution in [0.4, 0.5) is 10.1 Å². The highest BCUT2D eigenvalue weighted by Crippen LogP contribution is 2.22. The molecule has 2 aromatic rings. The lowest BCUT2D eigenvalue weighted by Gasteiger charge is -2.35. The first-order chi connectivity index (χ1) is 14.6. The number of hydrogen-bond acceptors (Lipinski definition) is 5. The van der Waals surface area contributed by atoms with Crippen LogP contribution in [-0.2, 0) is 13.0 Å². The van der Waals surface area contributed by atoms with E-state index in [0.717, 1.165) is 68.8 Å². The van der Waals surface area contributed by atoms with Gasteiger partial charge in [0.15, 0.2) is 5.96 Å². The third-order valence-corrected chi connectivity index (χ3v) is 6.21. The van der Waals surface area contributed by atoms with Gasteiger partial charge in [-0.25, -0.2) is 14.4 Å². The summed E-state index contributed by atoms with van der Waals surface area (Å²) in [6.07, 6.45) is 2.76. The van der Waals surface area contributed by atoms with E-state index in [2.05, 4.69) is 44.3 Å². The molecule has 0 unspecified atom stereocenters. The summed E-state index contributed by atoms with van der Waals surface area (Å²) in [4.78, 5) is 14.8. The average molecular weight is 433 g/mol. The molecule has 1 aromatic heterocycles. The van der Waals surface area contributed by atoms with Crippen LogP contribution in [0.5, 0.6) is 0 Å². The number of thiazole rings is 1. The van der Waals surface area contributed by atoms with Crippen molar-refractivity contribution in [2.24, 2.45) is 4.99 Å². The van der Waals surface area contributed by atoms with E-state index in [9.17, 15) is 4.39 Å². The summed E-state index contributed by atoms with van der Waals surface area (Å²) in [5, 5.41) is 7.70. The smallest absolute Gasteiger partial charge is 0.191 e. The van der Waals surface area contributed by atoms with Gasteiger partial charge in [0.2, 0.25) is 0 Å². The van der Waals surface area contributed by atoms with E-state index in [0.29, 0.717) is 12.2 Å². The molecule has 0 aliphatic carbocycles. The Balaban J connectivity index is 1.55. The molecule has 0 bridgehead atoms. The third kappa shape index (κ3) is 6.40. The Kier molecular flexibility index (Phi) is 8.45. The van der Waals surface area contributed by atoms with Gasteiger partial charge in [-0.1, -0.05) is 13.0 Å². The normalized spacial score (nSPS) is 15.5. The molecule has 6 nitrogen and oxygen atoms in total. The average Bonchev–Trinajstić information content (AvgIpc) is 3.17. The monoisotopic (exact) mass is 432 g/mol. The first kappa shape index (κ1) is 22.5. The van der Waals surface area contributed by atoms with Crippen molar-refractivity contribution in [3.05, 3.63) is 45.7 Å². The van der Waals surface area contributed by atoms with Gasteiger partial charge in [0.05, 0.1) is 17.2 Å². The van der Waals surface area contributed by atoms with E-state index >= 15 is 0 Å². The fourth-order valence-corrected chi connectivity index (χ4v) is 4.31. The van der Waals surface area contributed by atoms with E-state index in [1.807, 2.05) is 25.3 Å². The highest BCUT2D eigenvalue weighted by Gasteiger charge is 2.18. The zero-order valence-electron chi connectivity index (χ0n) is 18.2. The lowest BCUT2D eigenvalue weighted by molar-refractivity contribution is 0.270. The van der Waals surface area contributed by atoms with Crippen LogP contribution in [0.2, 0.25) is 0 Å². The van der Waals surface area contributed by atoms with Crippen molar-refractivity contribution in [3.63, 3.8) is 0 Å². The molecule has 2 heterocycles. The van der Waals surface area contributed by atoms with E-state index in [4.69, 9.17) is 0 Å². The second-order valence-electron chi connectivity index (χ2n) is 7.44. The number of halogens is 1. The quantitative estimate of drug-likeness (QED) is 0.496. The number of nitrogens with one attached hydrogen (secondary N) is 2. The number of likely N-dealkylation sites (N-methyl/N-ethyl adjacent to an activating group) is 1. The molecule has 30 heavy (non-hydrogen) atoms. The first-order valence-corrected chi connectivity index (χ1v) is 11.6. The number of nitrogens with zero attached hydrogens (tertiary/aromatic N) is 4. The number of hydrogen-bond donors (Lipinski definition) is 2. The molecule has 8 heteroatoms. The van der Waals surface area contributed by atoms with Gasteiger partial charge < -0.3 is 20.4 Å². The molecule has 0 amide bonds. The molecule has 164 valence electrons. The third-order valence-electron chi connectivity index (χ3n) is 5.24. The number of aliphatic imine (C=N–C) groups is 1. The van der Waals surface area contributed by atoms with Crippen molar-refractivity contribution >= 4 is 23.0 Å². The number of piperazine rings is 1. The van der Waals surface area contributed by atoms with Crippen LogP contribution >= 0.6 is 11.3 Å². The summed E-state index contributed by atoms with van der Waals surface area (Å²) < 4.78 is 14.7. The van der Waals surface area contributed by atoms with E-state index < -0.39 is 0 Å². The summed E-state index contributed by atoms with van der Waals surface area (Å²) in [6, 6.07) is 5.50. The topological polar surface area (TPSA) is 55.8 Å². The molecule has 3 rings (SSSR count).